The van der Waals surface area contributed by atoms with Crippen LogP contribution < -0.4 is 5.32 Å². The molecule has 0 heterocycles. The van der Waals surface area contributed by atoms with Gasteiger partial charge in [-0.15, -0.1) is 0 Å². The van der Waals surface area contributed by atoms with Gasteiger partial charge in [-0.2, -0.15) is 0 Å². The van der Waals surface area contributed by atoms with Crippen molar-refractivity contribution in [1.82, 2.24) is 0 Å². The van der Waals surface area contributed by atoms with E-state index in [0.717, 1.165) is 6.07 Å². The molecule has 1 amide bonds. The number of amides is 1. The van der Waals surface area contributed by atoms with Gasteiger partial charge in [0.15, 0.2) is 0 Å². The maximum Gasteiger partial charge on any atom is 0.338 e. The van der Waals surface area contributed by atoms with E-state index < -0.39 is 16.8 Å². The number of carbonyl (C=O) groups excluding carboxylic acids is 2. The number of nitro groups is 1. The van der Waals surface area contributed by atoms with Crippen LogP contribution in [0.1, 0.15) is 33.2 Å². The van der Waals surface area contributed by atoms with Crippen LogP contribution in [0, 0.1) is 17.0 Å². The Kier molecular flexibility index (Phi) is 5.71. The van der Waals surface area contributed by atoms with Crippen molar-refractivity contribution in [3.63, 3.8) is 0 Å². The fraction of sp³-hybridized carbons (Fsp3) is 0.176. The number of aryl methyl sites for hydroxylation is 1. The Bertz CT molecular complexity index is 851. The minimum Gasteiger partial charge on any atom is -0.462 e. The third kappa shape index (κ3) is 4.33. The van der Waals surface area contributed by atoms with E-state index in [1.165, 1.54) is 18.2 Å². The predicted octanol–water partition coefficient (Wildman–Crippen LogP) is 3.99. The number of anilines is 1. The van der Waals surface area contributed by atoms with Crippen LogP contribution in [-0.2, 0) is 4.74 Å². The number of carbonyl (C=O) groups is 2. The molecule has 0 aliphatic rings. The van der Waals surface area contributed by atoms with Crippen LogP contribution in [0.15, 0.2) is 36.4 Å². The highest BCUT2D eigenvalue weighted by molar-refractivity contribution is 6.34. The number of ether oxygens (including phenoxy) is 1. The van der Waals surface area contributed by atoms with E-state index in [9.17, 15) is 19.7 Å². The number of hydrogen-bond donors (Lipinski definition) is 1. The summed E-state index contributed by atoms with van der Waals surface area (Å²) in [5.41, 5.74) is 1.45. The summed E-state index contributed by atoms with van der Waals surface area (Å²) in [6, 6.07) is 8.34. The minimum absolute atomic E-state index is 0.0208. The number of rotatable bonds is 5. The van der Waals surface area contributed by atoms with Gasteiger partial charge in [0.2, 0.25) is 0 Å². The summed E-state index contributed by atoms with van der Waals surface area (Å²) in [5.74, 6) is -0.950. The molecular formula is C17H15ClN2O5. The summed E-state index contributed by atoms with van der Waals surface area (Å²) in [7, 11) is 0. The van der Waals surface area contributed by atoms with Crippen LogP contribution in [0.2, 0.25) is 5.02 Å². The molecule has 2 aromatic carbocycles. The normalized spacial score (nSPS) is 10.2. The molecule has 1 N–H and O–H groups in total. The summed E-state index contributed by atoms with van der Waals surface area (Å²) >= 11 is 5.95. The standard InChI is InChI=1S/C17H15ClN2O5/c1-3-25-17(22)11-4-7-15(10(2)8-11)19-16(21)13-6-5-12(20(23)24)9-14(13)18/h4-9H,3H2,1-2H3,(H,19,21). The number of hydrogen-bond acceptors (Lipinski definition) is 5. The van der Waals surface area contributed by atoms with Gasteiger partial charge in [-0.05, 0) is 43.7 Å². The maximum atomic E-state index is 12.3. The summed E-state index contributed by atoms with van der Waals surface area (Å²) in [6.07, 6.45) is 0. The van der Waals surface area contributed by atoms with E-state index in [1.54, 1.807) is 26.0 Å². The lowest BCUT2D eigenvalue weighted by molar-refractivity contribution is -0.384. The number of non-ortho nitro benzene ring substituents is 1. The Hall–Kier alpha value is -2.93. The fourth-order valence-corrected chi connectivity index (χ4v) is 2.40. The molecular weight excluding hydrogens is 348 g/mol. The van der Waals surface area contributed by atoms with E-state index in [1.807, 2.05) is 0 Å². The molecule has 2 aromatic rings. The molecule has 0 atom stereocenters. The van der Waals surface area contributed by atoms with E-state index in [4.69, 9.17) is 16.3 Å². The first kappa shape index (κ1) is 18.4. The Balaban J connectivity index is 2.21. The molecule has 0 aromatic heterocycles. The zero-order chi connectivity index (χ0) is 18.6. The molecule has 7 nitrogen and oxygen atoms in total. The van der Waals surface area contributed by atoms with Crippen molar-refractivity contribution in [3.05, 3.63) is 68.2 Å². The van der Waals surface area contributed by atoms with Gasteiger partial charge in [0, 0.05) is 17.8 Å². The molecule has 0 aliphatic heterocycles. The van der Waals surface area contributed by atoms with Gasteiger partial charge in [0.25, 0.3) is 11.6 Å². The number of benzene rings is 2. The van der Waals surface area contributed by atoms with Crippen molar-refractivity contribution in [1.29, 1.82) is 0 Å². The largest absolute Gasteiger partial charge is 0.462 e. The smallest absolute Gasteiger partial charge is 0.338 e. The van der Waals surface area contributed by atoms with E-state index in [-0.39, 0.29) is 22.9 Å². The molecule has 0 saturated carbocycles. The van der Waals surface area contributed by atoms with E-state index in [2.05, 4.69) is 5.32 Å². The Morgan fingerprint density at radius 2 is 1.96 bits per heavy atom. The van der Waals surface area contributed by atoms with Crippen molar-refractivity contribution in [2.45, 2.75) is 13.8 Å². The topological polar surface area (TPSA) is 98.5 Å². The molecule has 25 heavy (non-hydrogen) atoms. The lowest BCUT2D eigenvalue weighted by Gasteiger charge is -2.11. The molecule has 0 radical (unpaired) electrons. The van der Waals surface area contributed by atoms with Crippen LogP contribution in [-0.4, -0.2) is 23.4 Å². The summed E-state index contributed by atoms with van der Waals surface area (Å²) in [6.45, 7) is 3.72. The molecule has 2 rings (SSSR count). The highest BCUT2D eigenvalue weighted by atomic mass is 35.5. The maximum absolute atomic E-state index is 12.3. The van der Waals surface area contributed by atoms with Gasteiger partial charge < -0.3 is 10.1 Å². The second kappa shape index (κ2) is 7.76. The minimum atomic E-state index is -0.591. The molecule has 130 valence electrons. The second-order valence-corrected chi connectivity index (χ2v) is 5.53. The SMILES string of the molecule is CCOC(=O)c1ccc(NC(=O)c2ccc([N+](=O)[O-])cc2Cl)c(C)c1. The van der Waals surface area contributed by atoms with E-state index >= 15 is 0 Å². The number of nitrogens with zero attached hydrogens (tertiary/aromatic N) is 1. The number of nitrogens with one attached hydrogen (secondary N) is 1. The highest BCUT2D eigenvalue weighted by Crippen LogP contribution is 2.24. The second-order valence-electron chi connectivity index (χ2n) is 5.13. The van der Waals surface area contributed by atoms with Crippen LogP contribution in [0.3, 0.4) is 0 Å². The molecule has 0 saturated heterocycles. The lowest BCUT2D eigenvalue weighted by atomic mass is 10.1. The van der Waals surface area contributed by atoms with Gasteiger partial charge in [0.1, 0.15) is 0 Å². The third-order valence-electron chi connectivity index (χ3n) is 3.39. The fourth-order valence-electron chi connectivity index (χ4n) is 2.14. The molecule has 8 heteroatoms. The van der Waals surface area contributed by atoms with E-state index in [0.29, 0.717) is 16.8 Å². The molecule has 0 aliphatic carbocycles. The highest BCUT2D eigenvalue weighted by Gasteiger charge is 2.16. The molecule has 0 unspecified atom stereocenters. The first-order valence-corrected chi connectivity index (χ1v) is 7.74. The van der Waals surface area contributed by atoms with Crippen LogP contribution >= 0.6 is 11.6 Å². The van der Waals surface area contributed by atoms with Crippen LogP contribution in [0.5, 0.6) is 0 Å². The van der Waals surface area contributed by atoms with Gasteiger partial charge in [-0.25, -0.2) is 4.79 Å². The molecule has 0 spiro atoms. The average Bonchev–Trinajstić information content (AvgIpc) is 2.56. The van der Waals surface area contributed by atoms with Crippen LogP contribution in [0.4, 0.5) is 11.4 Å². The number of halogens is 1. The Morgan fingerprint density at radius 3 is 2.52 bits per heavy atom. The van der Waals surface area contributed by atoms with Crippen LogP contribution in [0.25, 0.3) is 0 Å². The summed E-state index contributed by atoms with van der Waals surface area (Å²) < 4.78 is 4.92. The first-order valence-electron chi connectivity index (χ1n) is 7.36. The zero-order valence-electron chi connectivity index (χ0n) is 13.5. The van der Waals surface area contributed by atoms with Crippen molar-refractivity contribution in [3.8, 4) is 0 Å². The quantitative estimate of drug-likeness (QED) is 0.492. The molecule has 0 bridgehead atoms. The monoisotopic (exact) mass is 362 g/mol. The first-order chi connectivity index (χ1) is 11.8. The summed E-state index contributed by atoms with van der Waals surface area (Å²) in [4.78, 5) is 34.2. The summed E-state index contributed by atoms with van der Waals surface area (Å²) in [5, 5.41) is 13.4. The number of nitro benzene ring substituents is 1. The van der Waals surface area contributed by atoms with Crippen molar-refractivity contribution in [2.75, 3.05) is 11.9 Å². The zero-order valence-corrected chi connectivity index (χ0v) is 14.3. The Labute approximate surface area is 148 Å². The predicted molar refractivity (Wildman–Crippen MR) is 93.2 cm³/mol. The Morgan fingerprint density at radius 1 is 1.24 bits per heavy atom. The van der Waals surface area contributed by atoms with Gasteiger partial charge >= 0.3 is 5.97 Å². The van der Waals surface area contributed by atoms with Gasteiger partial charge in [-0.1, -0.05) is 11.6 Å². The average molecular weight is 363 g/mol. The van der Waals surface area contributed by atoms with Crippen molar-refractivity contribution >= 4 is 34.9 Å². The van der Waals surface area contributed by atoms with Crippen molar-refractivity contribution < 1.29 is 19.2 Å². The number of esters is 1. The lowest BCUT2D eigenvalue weighted by Crippen LogP contribution is -2.14. The van der Waals surface area contributed by atoms with Gasteiger partial charge in [-0.3, -0.25) is 14.9 Å². The van der Waals surface area contributed by atoms with Crippen molar-refractivity contribution in [2.24, 2.45) is 0 Å². The van der Waals surface area contributed by atoms with Gasteiger partial charge in [0.05, 0.1) is 27.7 Å². The molecule has 0 fully saturated rings. The third-order valence-corrected chi connectivity index (χ3v) is 3.71.